The summed E-state index contributed by atoms with van der Waals surface area (Å²) in [6.07, 6.45) is 0.943. The molecular formula is C10H11ClN2O2S. The van der Waals surface area contributed by atoms with Crippen LogP contribution in [0.15, 0.2) is 6.07 Å². The van der Waals surface area contributed by atoms with Crippen LogP contribution >= 0.6 is 22.9 Å². The molecule has 1 N–H and O–H groups in total. The summed E-state index contributed by atoms with van der Waals surface area (Å²) in [5, 5.41) is 9.75. The fourth-order valence-electron chi connectivity index (χ4n) is 1.35. The maximum absolute atomic E-state index is 8.72. The van der Waals surface area contributed by atoms with Gasteiger partial charge in [0.1, 0.15) is 11.4 Å². The minimum atomic E-state index is -0.0477. The van der Waals surface area contributed by atoms with Crippen LogP contribution in [0.2, 0.25) is 5.28 Å². The van der Waals surface area contributed by atoms with Gasteiger partial charge in [0.15, 0.2) is 0 Å². The number of hydrogen-bond acceptors (Lipinski definition) is 5. The largest absolute Gasteiger partial charge is 0.475 e. The molecule has 0 saturated carbocycles. The molecule has 2 rings (SSSR count). The summed E-state index contributed by atoms with van der Waals surface area (Å²) in [7, 11) is 0. The van der Waals surface area contributed by atoms with Gasteiger partial charge in [-0.25, -0.2) is 4.98 Å². The van der Waals surface area contributed by atoms with E-state index in [1.54, 1.807) is 11.3 Å². The number of halogens is 1. The molecule has 2 aromatic heterocycles. The molecule has 0 radical (unpaired) electrons. The van der Waals surface area contributed by atoms with E-state index in [-0.39, 0.29) is 18.5 Å². The molecule has 2 heterocycles. The number of nitrogens with zero attached hydrogens (tertiary/aromatic N) is 2. The van der Waals surface area contributed by atoms with Crippen molar-refractivity contribution in [1.29, 1.82) is 0 Å². The lowest BCUT2D eigenvalue weighted by Gasteiger charge is -2.03. The highest BCUT2D eigenvalue weighted by atomic mass is 35.5. The lowest BCUT2D eigenvalue weighted by atomic mass is 10.3. The van der Waals surface area contributed by atoms with Gasteiger partial charge in [-0.05, 0) is 24.1 Å². The number of rotatable bonds is 4. The fraction of sp³-hybridized carbons (Fsp3) is 0.400. The first-order valence-electron chi connectivity index (χ1n) is 4.94. The van der Waals surface area contributed by atoms with Crippen LogP contribution in [0.25, 0.3) is 10.2 Å². The SMILES string of the molecule is CCc1cc2c(OCCO)nc(Cl)nc2s1. The van der Waals surface area contributed by atoms with Crippen molar-refractivity contribution in [3.63, 3.8) is 0 Å². The summed E-state index contributed by atoms with van der Waals surface area (Å²) in [6, 6.07) is 2.00. The Morgan fingerprint density at radius 1 is 1.50 bits per heavy atom. The summed E-state index contributed by atoms with van der Waals surface area (Å²) in [5.74, 6) is 0.444. The van der Waals surface area contributed by atoms with Crippen LogP contribution in [-0.2, 0) is 6.42 Å². The molecule has 16 heavy (non-hydrogen) atoms. The molecular weight excluding hydrogens is 248 g/mol. The second-order valence-electron chi connectivity index (χ2n) is 3.15. The summed E-state index contributed by atoms with van der Waals surface area (Å²) in [6.45, 7) is 2.24. The highest BCUT2D eigenvalue weighted by Crippen LogP contribution is 2.31. The van der Waals surface area contributed by atoms with E-state index in [4.69, 9.17) is 21.4 Å². The molecule has 0 aliphatic heterocycles. The molecule has 0 fully saturated rings. The van der Waals surface area contributed by atoms with Crippen molar-refractivity contribution in [3.05, 3.63) is 16.2 Å². The summed E-state index contributed by atoms with van der Waals surface area (Å²) < 4.78 is 5.33. The monoisotopic (exact) mass is 258 g/mol. The van der Waals surface area contributed by atoms with Crippen molar-refractivity contribution < 1.29 is 9.84 Å². The Hall–Kier alpha value is -0.910. The average molecular weight is 259 g/mol. The van der Waals surface area contributed by atoms with Gasteiger partial charge in [0.2, 0.25) is 11.2 Å². The minimum absolute atomic E-state index is 0.0477. The lowest BCUT2D eigenvalue weighted by molar-refractivity contribution is 0.198. The molecule has 0 amide bonds. The molecule has 0 aromatic carbocycles. The zero-order valence-electron chi connectivity index (χ0n) is 8.73. The molecule has 6 heteroatoms. The Morgan fingerprint density at radius 2 is 2.31 bits per heavy atom. The van der Waals surface area contributed by atoms with E-state index >= 15 is 0 Å². The normalized spacial score (nSPS) is 10.9. The molecule has 0 bridgehead atoms. The Balaban J connectivity index is 2.48. The number of aryl methyl sites for hydroxylation is 1. The Morgan fingerprint density at radius 3 is 3.00 bits per heavy atom. The first kappa shape index (κ1) is 11.6. The number of hydrogen-bond donors (Lipinski definition) is 1. The van der Waals surface area contributed by atoms with E-state index in [0.717, 1.165) is 16.6 Å². The second-order valence-corrected chi connectivity index (χ2v) is 4.61. The van der Waals surface area contributed by atoms with Gasteiger partial charge >= 0.3 is 0 Å². The van der Waals surface area contributed by atoms with E-state index in [1.165, 1.54) is 4.88 Å². The molecule has 0 atom stereocenters. The van der Waals surface area contributed by atoms with E-state index in [1.807, 2.05) is 6.07 Å². The number of thiophene rings is 1. The van der Waals surface area contributed by atoms with Gasteiger partial charge in [-0.3, -0.25) is 0 Å². The van der Waals surface area contributed by atoms with Crippen LogP contribution in [-0.4, -0.2) is 28.3 Å². The highest BCUT2D eigenvalue weighted by molar-refractivity contribution is 7.18. The molecule has 0 aliphatic rings. The highest BCUT2D eigenvalue weighted by Gasteiger charge is 2.11. The van der Waals surface area contributed by atoms with Crippen LogP contribution < -0.4 is 4.74 Å². The second kappa shape index (κ2) is 4.95. The lowest BCUT2D eigenvalue weighted by Crippen LogP contribution is -2.03. The molecule has 4 nitrogen and oxygen atoms in total. The first-order valence-corrected chi connectivity index (χ1v) is 6.13. The third kappa shape index (κ3) is 2.26. The van der Waals surface area contributed by atoms with Crippen LogP contribution in [0, 0.1) is 0 Å². The molecule has 0 saturated heterocycles. The number of aliphatic hydroxyl groups is 1. The molecule has 0 spiro atoms. The Labute approximate surface area is 102 Å². The van der Waals surface area contributed by atoms with Gasteiger partial charge in [-0.2, -0.15) is 4.98 Å². The van der Waals surface area contributed by atoms with Crippen molar-refractivity contribution in [2.45, 2.75) is 13.3 Å². The number of fused-ring (bicyclic) bond motifs is 1. The number of ether oxygens (including phenoxy) is 1. The third-order valence-corrected chi connectivity index (χ3v) is 3.40. The van der Waals surface area contributed by atoms with Crippen molar-refractivity contribution >= 4 is 33.2 Å². The van der Waals surface area contributed by atoms with E-state index in [2.05, 4.69) is 16.9 Å². The van der Waals surface area contributed by atoms with Crippen molar-refractivity contribution in [2.24, 2.45) is 0 Å². The van der Waals surface area contributed by atoms with Crippen LogP contribution in [0.1, 0.15) is 11.8 Å². The standard InChI is InChI=1S/C10H11ClN2O2S/c1-2-6-5-7-8(15-4-3-14)12-10(11)13-9(7)16-6/h5,14H,2-4H2,1H3. The maximum Gasteiger partial charge on any atom is 0.227 e. The van der Waals surface area contributed by atoms with Crippen molar-refractivity contribution in [3.8, 4) is 5.88 Å². The number of aromatic nitrogens is 2. The van der Waals surface area contributed by atoms with Crippen LogP contribution in [0.3, 0.4) is 0 Å². The molecule has 0 unspecified atom stereocenters. The fourth-order valence-corrected chi connectivity index (χ4v) is 2.52. The van der Waals surface area contributed by atoms with Gasteiger partial charge in [-0.1, -0.05) is 6.92 Å². The van der Waals surface area contributed by atoms with Crippen molar-refractivity contribution in [2.75, 3.05) is 13.2 Å². The smallest absolute Gasteiger partial charge is 0.227 e. The van der Waals surface area contributed by atoms with E-state index in [9.17, 15) is 0 Å². The van der Waals surface area contributed by atoms with E-state index in [0.29, 0.717) is 5.88 Å². The Bertz CT molecular complexity index is 501. The predicted molar refractivity (Wildman–Crippen MR) is 64.4 cm³/mol. The Kier molecular flexibility index (Phi) is 3.58. The van der Waals surface area contributed by atoms with E-state index < -0.39 is 0 Å². The molecule has 0 aliphatic carbocycles. The quantitative estimate of drug-likeness (QED) is 0.855. The summed E-state index contributed by atoms with van der Waals surface area (Å²) in [5.41, 5.74) is 0. The first-order chi connectivity index (χ1) is 7.74. The van der Waals surface area contributed by atoms with Gasteiger partial charge in [-0.15, -0.1) is 11.3 Å². The van der Waals surface area contributed by atoms with Gasteiger partial charge in [0, 0.05) is 4.88 Å². The van der Waals surface area contributed by atoms with Gasteiger partial charge < -0.3 is 9.84 Å². The zero-order chi connectivity index (χ0) is 11.5. The van der Waals surface area contributed by atoms with Gasteiger partial charge in [0.05, 0.1) is 12.0 Å². The predicted octanol–water partition coefficient (Wildman–Crippen LogP) is 2.28. The van der Waals surface area contributed by atoms with Gasteiger partial charge in [0.25, 0.3) is 0 Å². The summed E-state index contributed by atoms with van der Waals surface area (Å²) in [4.78, 5) is 10.2. The zero-order valence-corrected chi connectivity index (χ0v) is 10.3. The number of aliphatic hydroxyl groups excluding tert-OH is 1. The minimum Gasteiger partial charge on any atom is -0.475 e. The van der Waals surface area contributed by atoms with Crippen LogP contribution in [0.4, 0.5) is 0 Å². The maximum atomic E-state index is 8.72. The molecule has 86 valence electrons. The summed E-state index contributed by atoms with van der Waals surface area (Å²) >= 11 is 7.38. The average Bonchev–Trinajstić information content (AvgIpc) is 2.68. The molecule has 2 aromatic rings. The van der Waals surface area contributed by atoms with Crippen molar-refractivity contribution in [1.82, 2.24) is 9.97 Å². The topological polar surface area (TPSA) is 55.2 Å². The van der Waals surface area contributed by atoms with Crippen LogP contribution in [0.5, 0.6) is 5.88 Å². The third-order valence-electron chi connectivity index (χ3n) is 2.06.